The number of rotatable bonds is 37. The summed E-state index contributed by atoms with van der Waals surface area (Å²) >= 11 is 0. The molecular weight excluding hydrogens is 1090 g/mol. The van der Waals surface area contributed by atoms with E-state index in [0.29, 0.717) is 23.8 Å². The normalized spacial score (nSPS) is 15.5. The second kappa shape index (κ2) is 35.7. The lowest BCUT2D eigenvalue weighted by molar-refractivity contribution is -0.139. The number of phenolic OH excluding ortho intramolecular Hbond substituents is 1. The number of aliphatic hydroxyl groups excluding tert-OH is 3. The first kappa shape index (κ1) is 71.0. The molecular formula is C54H82N12O17. The Balaban J connectivity index is 2.51. The van der Waals surface area contributed by atoms with Gasteiger partial charge in [0.1, 0.15) is 60.4 Å². The molecule has 83 heavy (non-hydrogen) atoms. The van der Waals surface area contributed by atoms with Gasteiger partial charge in [0.2, 0.25) is 59.1 Å². The Kier molecular flexibility index (Phi) is 30.5. The molecule has 0 aliphatic carbocycles. The van der Waals surface area contributed by atoms with Crippen molar-refractivity contribution in [1.29, 1.82) is 0 Å². The summed E-state index contributed by atoms with van der Waals surface area (Å²) in [5.74, 6) is -13.1. The van der Waals surface area contributed by atoms with E-state index in [1.54, 1.807) is 58.0 Å². The van der Waals surface area contributed by atoms with Crippen molar-refractivity contribution in [2.45, 2.75) is 166 Å². The van der Waals surface area contributed by atoms with Crippen LogP contribution in [0.4, 0.5) is 0 Å². The zero-order chi connectivity index (χ0) is 62.7. The van der Waals surface area contributed by atoms with Crippen molar-refractivity contribution >= 4 is 71.3 Å². The molecule has 2 aromatic rings. The Morgan fingerprint density at radius 2 is 0.940 bits per heavy atom. The summed E-state index contributed by atoms with van der Waals surface area (Å²) < 4.78 is 0. The summed E-state index contributed by atoms with van der Waals surface area (Å²) in [5.41, 5.74) is 17.9. The fourth-order valence-electron chi connectivity index (χ4n) is 7.89. The molecule has 0 aliphatic heterocycles. The zero-order valence-corrected chi connectivity index (χ0v) is 47.3. The third-order valence-electron chi connectivity index (χ3n) is 13.0. The van der Waals surface area contributed by atoms with Crippen molar-refractivity contribution in [1.82, 2.24) is 47.9 Å². The van der Waals surface area contributed by atoms with Gasteiger partial charge in [-0.2, -0.15) is 0 Å². The Morgan fingerprint density at radius 1 is 0.518 bits per heavy atom. The molecule has 0 fully saturated rings. The van der Waals surface area contributed by atoms with E-state index in [0.717, 1.165) is 6.92 Å². The highest BCUT2D eigenvalue weighted by atomic mass is 16.4. The average molecular weight is 1170 g/mol. The second-order valence-electron chi connectivity index (χ2n) is 20.6. The number of nitrogens with two attached hydrogens (primary N) is 3. The van der Waals surface area contributed by atoms with Crippen LogP contribution in [0.5, 0.6) is 5.75 Å². The molecule has 460 valence electrons. The first-order chi connectivity index (χ1) is 39.0. The third-order valence-corrected chi connectivity index (χ3v) is 13.0. The molecule has 2 aromatic carbocycles. The van der Waals surface area contributed by atoms with Crippen molar-refractivity contribution in [3.63, 3.8) is 0 Å². The van der Waals surface area contributed by atoms with Crippen molar-refractivity contribution in [2.24, 2.45) is 29.0 Å². The highest BCUT2D eigenvalue weighted by Crippen LogP contribution is 2.14. The number of aliphatic hydroxyl groups is 3. The maximum atomic E-state index is 14.2. The number of unbranched alkanes of at least 4 members (excludes halogenated alkanes) is 1. The molecule has 0 bridgehead atoms. The lowest BCUT2D eigenvalue weighted by Gasteiger charge is -2.28. The summed E-state index contributed by atoms with van der Waals surface area (Å²) in [6, 6.07) is -2.28. The van der Waals surface area contributed by atoms with E-state index >= 15 is 0 Å². The number of benzene rings is 2. The Morgan fingerprint density at radius 3 is 1.40 bits per heavy atom. The van der Waals surface area contributed by atoms with Gasteiger partial charge in [0.25, 0.3) is 0 Å². The van der Waals surface area contributed by atoms with Crippen LogP contribution >= 0.6 is 0 Å². The molecule has 29 nitrogen and oxygen atoms in total. The largest absolute Gasteiger partial charge is 0.508 e. The van der Waals surface area contributed by atoms with Gasteiger partial charge in [-0.1, -0.05) is 70.2 Å². The van der Waals surface area contributed by atoms with E-state index in [1.165, 1.54) is 31.2 Å². The molecule has 20 N–H and O–H groups in total. The fraction of sp³-hybridized carbons (Fsp3) is 0.556. The topological polar surface area (TPSA) is 492 Å². The lowest BCUT2D eigenvalue weighted by Crippen LogP contribution is -2.62. The number of aliphatic carboxylic acids is 1. The van der Waals surface area contributed by atoms with Gasteiger partial charge < -0.3 is 95.4 Å². The zero-order valence-electron chi connectivity index (χ0n) is 47.3. The number of carbonyl (C=O) groups excluding carboxylic acids is 11. The molecule has 0 heterocycles. The quantitative estimate of drug-likeness (QED) is 0.0222. The number of primary amides is 1. The number of hydrogen-bond acceptors (Lipinski definition) is 18. The number of hydrogen-bond donors (Lipinski definition) is 17. The fourth-order valence-corrected chi connectivity index (χ4v) is 7.89. The first-order valence-electron chi connectivity index (χ1n) is 27.0. The average Bonchev–Trinajstić information content (AvgIpc) is 3.54. The predicted molar refractivity (Wildman–Crippen MR) is 297 cm³/mol. The number of amides is 10. The number of nitrogens with one attached hydrogen (secondary N) is 9. The van der Waals surface area contributed by atoms with E-state index in [1.807, 2.05) is 0 Å². The first-order valence-corrected chi connectivity index (χ1v) is 27.0. The van der Waals surface area contributed by atoms with Gasteiger partial charge in [-0.25, -0.2) is 0 Å². The second-order valence-corrected chi connectivity index (χ2v) is 20.6. The Hall–Kier alpha value is -8.12. The molecule has 29 heteroatoms. The minimum atomic E-state index is -1.90. The molecule has 12 atom stereocenters. The van der Waals surface area contributed by atoms with Gasteiger partial charge in [-0.15, -0.1) is 0 Å². The monoisotopic (exact) mass is 1170 g/mol. The van der Waals surface area contributed by atoms with Crippen LogP contribution in [0, 0.1) is 11.8 Å². The van der Waals surface area contributed by atoms with Crippen molar-refractivity contribution in [3.05, 3.63) is 65.7 Å². The van der Waals surface area contributed by atoms with E-state index in [9.17, 15) is 83.1 Å². The van der Waals surface area contributed by atoms with Gasteiger partial charge in [-0.3, -0.25) is 52.7 Å². The lowest BCUT2D eigenvalue weighted by atomic mass is 10.0. The van der Waals surface area contributed by atoms with Crippen LogP contribution in [-0.2, 0) is 70.4 Å². The Labute approximate surface area is 480 Å². The molecule has 0 radical (unpaired) electrons. The molecule has 0 aromatic heterocycles. The number of carbonyl (C=O) groups is 12. The molecule has 0 spiro atoms. The van der Waals surface area contributed by atoms with Crippen molar-refractivity contribution in [2.75, 3.05) is 13.2 Å². The summed E-state index contributed by atoms with van der Waals surface area (Å²) in [6.45, 7) is 7.92. The van der Waals surface area contributed by atoms with Gasteiger partial charge >= 0.3 is 5.97 Å². The highest BCUT2D eigenvalue weighted by molar-refractivity contribution is 5.99. The molecule has 0 saturated carbocycles. The number of phenols is 1. The van der Waals surface area contributed by atoms with E-state index in [4.69, 9.17) is 17.2 Å². The van der Waals surface area contributed by atoms with Crippen LogP contribution < -0.4 is 65.1 Å². The van der Waals surface area contributed by atoms with Gasteiger partial charge in [0, 0.05) is 19.3 Å². The van der Waals surface area contributed by atoms with E-state index in [-0.39, 0.29) is 37.5 Å². The van der Waals surface area contributed by atoms with Crippen molar-refractivity contribution < 1.29 is 83.1 Å². The maximum Gasteiger partial charge on any atom is 0.303 e. The summed E-state index contributed by atoms with van der Waals surface area (Å²) in [7, 11) is 0. The predicted octanol–water partition coefficient (Wildman–Crippen LogP) is -5.00. The minimum absolute atomic E-state index is 0.128. The maximum absolute atomic E-state index is 14.2. The molecule has 0 unspecified atom stereocenters. The smallest absolute Gasteiger partial charge is 0.303 e. The van der Waals surface area contributed by atoms with Gasteiger partial charge in [-0.05, 0) is 81.2 Å². The molecule has 0 aliphatic rings. The van der Waals surface area contributed by atoms with Gasteiger partial charge in [0.15, 0.2) is 0 Å². The third kappa shape index (κ3) is 24.9. The van der Waals surface area contributed by atoms with E-state index < -0.39 is 176 Å². The SMILES string of the molecule is CC(C)[C@H](N)C(=O)N[C@H](C(=O)N[C@@H](Cc1ccccc1)C(=O)N[C@@H](CCC(=O)O)C(=O)N[C@@H](CCCCN)C(=O)N[C@@H](CO)C(=O)N[C@@H](Cc1ccc(O)cc1)C(=O)N[C@@H](CC(N)=O)C(=O)N[C@H](C(=O)N[C@H](C=O)C(C)C)[C@@H](C)O)[C@@H](C)O. The molecule has 0 saturated heterocycles. The minimum Gasteiger partial charge on any atom is -0.508 e. The van der Waals surface area contributed by atoms with Crippen molar-refractivity contribution in [3.8, 4) is 5.75 Å². The van der Waals surface area contributed by atoms with Crippen LogP contribution in [0.25, 0.3) is 0 Å². The van der Waals surface area contributed by atoms with E-state index in [2.05, 4.69) is 47.9 Å². The summed E-state index contributed by atoms with van der Waals surface area (Å²) in [5, 5.41) is 72.4. The number of carboxylic acid groups (broad SMARTS) is 1. The highest BCUT2D eigenvalue weighted by Gasteiger charge is 2.37. The number of aldehydes is 1. The number of aromatic hydroxyl groups is 1. The number of carboxylic acids is 1. The van der Waals surface area contributed by atoms with Crippen LogP contribution in [0.1, 0.15) is 91.2 Å². The van der Waals surface area contributed by atoms with Crippen LogP contribution in [-0.4, -0.2) is 183 Å². The van der Waals surface area contributed by atoms with Crippen LogP contribution in [0.2, 0.25) is 0 Å². The van der Waals surface area contributed by atoms with Crippen LogP contribution in [0.15, 0.2) is 54.6 Å². The van der Waals surface area contributed by atoms with Crippen LogP contribution in [0.3, 0.4) is 0 Å². The summed E-state index contributed by atoms with van der Waals surface area (Å²) in [4.78, 5) is 160. The summed E-state index contributed by atoms with van der Waals surface area (Å²) in [6.07, 6.45) is -5.13. The molecule has 2 rings (SSSR count). The molecule has 10 amide bonds. The standard InChI is InChI=1S/C54H82N12O17/c1-27(2)39(25-67)63-54(83)44(29(5)69)65-50(79)38(24-41(56)72)61-49(78)36(23-32-15-17-33(71)18-16-32)60-51(80)40(26-68)64-46(75)34(14-10-11-21-55)58-47(76)35(19-20-42(73)74)59-48(77)37(22-31-12-8-7-9-13-31)62-53(82)45(30(6)70)66-52(81)43(57)28(3)4/h7-9,12-13,15-18,25,27-30,34-40,43-45,68-71H,10-11,14,19-24,26,55,57H2,1-6H3,(H2,56,72)(H,58,76)(H,59,77)(H,60,80)(H,61,78)(H,62,82)(H,63,83)(H,64,75)(H,65,79)(H,66,81)(H,73,74)/t29-,30-,34+,35+,36+,37+,38+,39-,40+,43+,44+,45+/m1/s1. The van der Waals surface area contributed by atoms with Gasteiger partial charge in [0.05, 0.1) is 37.3 Å². The Bertz CT molecular complexity index is 2520.